The van der Waals surface area contributed by atoms with Crippen molar-refractivity contribution in [3.63, 3.8) is 0 Å². The lowest BCUT2D eigenvalue weighted by Crippen LogP contribution is -2.20. The molecule has 0 radical (unpaired) electrons. The zero-order valence-electron chi connectivity index (χ0n) is 15.5. The lowest BCUT2D eigenvalue weighted by Gasteiger charge is -2.17. The van der Waals surface area contributed by atoms with Crippen LogP contribution in [0.2, 0.25) is 0 Å². The highest BCUT2D eigenvalue weighted by Gasteiger charge is 2.12. The van der Waals surface area contributed by atoms with Gasteiger partial charge in [0, 0.05) is 6.04 Å². The number of nitrogens with one attached hydrogen (secondary N) is 1. The van der Waals surface area contributed by atoms with Gasteiger partial charge in [-0.05, 0) is 69.8 Å². The maximum Gasteiger partial charge on any atom is 0.163 e. The number of Topliss-reactive ketones (excluding diaryl/α,β-unsaturated/α-hetero) is 1. The van der Waals surface area contributed by atoms with Gasteiger partial charge in [0.2, 0.25) is 0 Å². The van der Waals surface area contributed by atoms with Gasteiger partial charge in [0.05, 0.1) is 12.2 Å². The van der Waals surface area contributed by atoms with Crippen molar-refractivity contribution in [1.82, 2.24) is 5.32 Å². The number of hydrogen-bond acceptors (Lipinski definition) is 3. The van der Waals surface area contributed by atoms with E-state index in [0.29, 0.717) is 17.9 Å². The summed E-state index contributed by atoms with van der Waals surface area (Å²) in [7, 11) is 0. The molecule has 2 aromatic carbocycles. The van der Waals surface area contributed by atoms with Crippen LogP contribution >= 0.6 is 0 Å². The molecule has 0 saturated carbocycles. The third kappa shape index (κ3) is 6.02. The summed E-state index contributed by atoms with van der Waals surface area (Å²) >= 11 is 0. The van der Waals surface area contributed by atoms with Crippen molar-refractivity contribution in [2.24, 2.45) is 0 Å². The van der Waals surface area contributed by atoms with Crippen LogP contribution in [-0.2, 0) is 6.42 Å². The van der Waals surface area contributed by atoms with Gasteiger partial charge >= 0.3 is 0 Å². The van der Waals surface area contributed by atoms with Gasteiger partial charge in [-0.3, -0.25) is 4.79 Å². The Morgan fingerprint density at radius 3 is 2.56 bits per heavy atom. The molecule has 0 aliphatic rings. The van der Waals surface area contributed by atoms with Crippen LogP contribution < -0.4 is 10.1 Å². The first-order chi connectivity index (χ1) is 12.1. The summed E-state index contributed by atoms with van der Waals surface area (Å²) in [5, 5.41) is 3.56. The topological polar surface area (TPSA) is 38.3 Å². The van der Waals surface area contributed by atoms with Crippen molar-refractivity contribution in [2.75, 3.05) is 13.2 Å². The SMILES string of the molecule is CCOc1cc(C(C)NCCCCc2ccccc2)ccc1C(C)=O. The molecule has 0 heterocycles. The number of carbonyl (C=O) groups is 1. The van der Waals surface area contributed by atoms with Crippen LogP contribution in [-0.4, -0.2) is 18.9 Å². The van der Waals surface area contributed by atoms with E-state index in [-0.39, 0.29) is 11.8 Å². The first-order valence-electron chi connectivity index (χ1n) is 9.16. The van der Waals surface area contributed by atoms with Crippen LogP contribution in [0, 0.1) is 0 Å². The van der Waals surface area contributed by atoms with Gasteiger partial charge in [0.15, 0.2) is 5.78 Å². The van der Waals surface area contributed by atoms with E-state index in [1.54, 1.807) is 6.92 Å². The average molecular weight is 339 g/mol. The molecule has 0 spiro atoms. The van der Waals surface area contributed by atoms with E-state index >= 15 is 0 Å². The molecule has 25 heavy (non-hydrogen) atoms. The van der Waals surface area contributed by atoms with Gasteiger partial charge in [-0.25, -0.2) is 0 Å². The van der Waals surface area contributed by atoms with E-state index in [2.05, 4.69) is 42.6 Å². The number of hydrogen-bond donors (Lipinski definition) is 1. The molecule has 2 aromatic rings. The maximum absolute atomic E-state index is 11.7. The number of ketones is 1. The van der Waals surface area contributed by atoms with Gasteiger partial charge in [-0.2, -0.15) is 0 Å². The number of benzene rings is 2. The molecule has 0 aliphatic heterocycles. The van der Waals surface area contributed by atoms with Gasteiger partial charge in [0.25, 0.3) is 0 Å². The van der Waals surface area contributed by atoms with E-state index in [1.807, 2.05) is 25.1 Å². The van der Waals surface area contributed by atoms with Crippen LogP contribution in [0.5, 0.6) is 5.75 Å². The van der Waals surface area contributed by atoms with E-state index in [9.17, 15) is 4.79 Å². The minimum Gasteiger partial charge on any atom is -0.493 e. The number of ether oxygens (including phenoxy) is 1. The standard InChI is InChI=1S/C22H29NO2/c1-4-25-22-16-20(13-14-21(22)18(3)24)17(2)23-15-9-8-12-19-10-6-5-7-11-19/h5-7,10-11,13-14,16-17,23H,4,8-9,12,15H2,1-3H3. The van der Waals surface area contributed by atoms with Gasteiger partial charge < -0.3 is 10.1 Å². The second kappa shape index (κ2) is 10.00. The molecule has 1 N–H and O–H groups in total. The predicted octanol–water partition coefficient (Wildman–Crippen LogP) is 4.96. The average Bonchev–Trinajstić information content (AvgIpc) is 2.62. The molecule has 1 atom stereocenters. The molecule has 3 heteroatoms. The fourth-order valence-electron chi connectivity index (χ4n) is 2.91. The maximum atomic E-state index is 11.7. The summed E-state index contributed by atoms with van der Waals surface area (Å²) in [5.74, 6) is 0.724. The smallest absolute Gasteiger partial charge is 0.163 e. The van der Waals surface area contributed by atoms with E-state index < -0.39 is 0 Å². The second-order valence-electron chi connectivity index (χ2n) is 6.36. The first kappa shape index (κ1) is 19.2. The second-order valence-corrected chi connectivity index (χ2v) is 6.36. The number of rotatable bonds is 10. The molecule has 0 aromatic heterocycles. The minimum atomic E-state index is 0.0384. The highest BCUT2D eigenvalue weighted by Crippen LogP contribution is 2.24. The van der Waals surface area contributed by atoms with Crippen LogP contribution in [0.3, 0.4) is 0 Å². The normalized spacial score (nSPS) is 12.0. The lowest BCUT2D eigenvalue weighted by molar-refractivity contribution is 0.101. The Balaban J connectivity index is 1.82. The van der Waals surface area contributed by atoms with Crippen LogP contribution in [0.1, 0.15) is 61.1 Å². The predicted molar refractivity (Wildman–Crippen MR) is 103 cm³/mol. The van der Waals surface area contributed by atoms with Crippen LogP contribution in [0.15, 0.2) is 48.5 Å². The van der Waals surface area contributed by atoms with Gasteiger partial charge in [-0.15, -0.1) is 0 Å². The largest absolute Gasteiger partial charge is 0.493 e. The fourth-order valence-corrected chi connectivity index (χ4v) is 2.91. The molecule has 0 amide bonds. The zero-order chi connectivity index (χ0) is 18.1. The summed E-state index contributed by atoms with van der Waals surface area (Å²) in [6.07, 6.45) is 3.44. The Labute approximate surface area is 151 Å². The quantitative estimate of drug-likeness (QED) is 0.491. The van der Waals surface area contributed by atoms with Crippen molar-refractivity contribution >= 4 is 5.78 Å². The summed E-state index contributed by atoms with van der Waals surface area (Å²) in [5.41, 5.74) is 3.20. The zero-order valence-corrected chi connectivity index (χ0v) is 15.5. The lowest BCUT2D eigenvalue weighted by atomic mass is 10.0. The summed E-state index contributed by atoms with van der Waals surface area (Å²) in [6.45, 7) is 7.20. The van der Waals surface area contributed by atoms with Crippen molar-refractivity contribution in [2.45, 2.75) is 46.1 Å². The number of carbonyl (C=O) groups excluding carboxylic acids is 1. The minimum absolute atomic E-state index is 0.0384. The van der Waals surface area contributed by atoms with Gasteiger partial charge in [-0.1, -0.05) is 36.4 Å². The molecule has 2 rings (SSSR count). The molecule has 3 nitrogen and oxygen atoms in total. The molecule has 0 fully saturated rings. The Bertz CT molecular complexity index is 667. The van der Waals surface area contributed by atoms with E-state index in [4.69, 9.17) is 4.74 Å². The molecular formula is C22H29NO2. The summed E-state index contributed by atoms with van der Waals surface area (Å²) < 4.78 is 5.63. The van der Waals surface area contributed by atoms with Gasteiger partial charge in [0.1, 0.15) is 5.75 Å². The number of unbranched alkanes of at least 4 members (excludes halogenated alkanes) is 1. The molecule has 1 unspecified atom stereocenters. The molecule has 134 valence electrons. The van der Waals surface area contributed by atoms with Crippen molar-refractivity contribution in [3.8, 4) is 5.75 Å². The Kier molecular flexibility index (Phi) is 7.68. The Morgan fingerprint density at radius 2 is 1.88 bits per heavy atom. The highest BCUT2D eigenvalue weighted by atomic mass is 16.5. The highest BCUT2D eigenvalue weighted by molar-refractivity contribution is 5.96. The molecular weight excluding hydrogens is 310 g/mol. The summed E-state index contributed by atoms with van der Waals surface area (Å²) in [6, 6.07) is 16.7. The van der Waals surface area contributed by atoms with Crippen molar-refractivity contribution in [3.05, 3.63) is 65.2 Å². The molecule has 0 bridgehead atoms. The first-order valence-corrected chi connectivity index (χ1v) is 9.16. The summed E-state index contributed by atoms with van der Waals surface area (Å²) in [4.78, 5) is 11.7. The monoisotopic (exact) mass is 339 g/mol. The third-order valence-electron chi connectivity index (χ3n) is 4.37. The van der Waals surface area contributed by atoms with Crippen molar-refractivity contribution in [1.29, 1.82) is 0 Å². The number of aryl methyl sites for hydroxylation is 1. The van der Waals surface area contributed by atoms with Crippen molar-refractivity contribution < 1.29 is 9.53 Å². The van der Waals surface area contributed by atoms with Crippen LogP contribution in [0.25, 0.3) is 0 Å². The Hall–Kier alpha value is -2.13. The van der Waals surface area contributed by atoms with E-state index in [0.717, 1.165) is 24.9 Å². The Morgan fingerprint density at radius 1 is 1.12 bits per heavy atom. The fraction of sp³-hybridized carbons (Fsp3) is 0.409. The molecule has 0 aliphatic carbocycles. The van der Waals surface area contributed by atoms with Crippen LogP contribution in [0.4, 0.5) is 0 Å². The molecule has 0 saturated heterocycles. The third-order valence-corrected chi connectivity index (χ3v) is 4.37. The van der Waals surface area contributed by atoms with E-state index in [1.165, 1.54) is 12.0 Å².